The zero-order valence-electron chi connectivity index (χ0n) is 17.6. The zero-order chi connectivity index (χ0) is 21.1. The summed E-state index contributed by atoms with van der Waals surface area (Å²) in [5.41, 5.74) is 0. The minimum absolute atomic E-state index is 1.28. The van der Waals surface area contributed by atoms with Crippen molar-refractivity contribution in [3.8, 4) is 0 Å². The quantitative estimate of drug-likeness (QED) is 0.241. The third-order valence-corrected chi connectivity index (χ3v) is 5.37. The van der Waals surface area contributed by atoms with Crippen LogP contribution in [0.15, 0.2) is 0 Å². The maximum absolute atomic E-state index is 8.12. The van der Waals surface area contributed by atoms with Gasteiger partial charge in [-0.2, -0.15) is 0 Å². The van der Waals surface area contributed by atoms with E-state index in [9.17, 15) is 0 Å². The van der Waals surface area contributed by atoms with Gasteiger partial charge in [-0.3, -0.25) is 0 Å². The molecule has 0 atom stereocenters. The molecule has 0 fully saturated rings. The van der Waals surface area contributed by atoms with E-state index >= 15 is 0 Å². The number of rotatable bonds is 8. The van der Waals surface area contributed by atoms with Crippen LogP contribution in [0.1, 0.15) is 55.4 Å². The molecule has 0 radical (unpaired) electrons. The molecule has 0 aliphatic carbocycles. The van der Waals surface area contributed by atoms with Gasteiger partial charge in [-0.15, -0.1) is 0 Å². The third-order valence-electron chi connectivity index (χ3n) is 5.37. The van der Waals surface area contributed by atoms with Crippen LogP contribution in [-0.2, 0) is 15.8 Å². The Kier molecular flexibility index (Phi) is 12.8. The molecule has 0 aromatic heterocycles. The van der Waals surface area contributed by atoms with Gasteiger partial charge in [0.05, 0.1) is 52.4 Å². The van der Waals surface area contributed by atoms with Gasteiger partial charge in [-0.05, 0) is 55.4 Å². The Hall–Kier alpha value is 0.368. The van der Waals surface area contributed by atoms with E-state index in [1.165, 1.54) is 61.3 Å². The van der Waals surface area contributed by atoms with Crippen molar-refractivity contribution in [2.75, 3.05) is 52.4 Å². The molecule has 0 amide bonds. The van der Waals surface area contributed by atoms with Crippen LogP contribution in [0.25, 0.3) is 0 Å². The molecule has 8 nitrogen and oxygen atoms in total. The molecular formula is C16H46N2O6Pt. The van der Waals surface area contributed by atoms with Gasteiger partial charge in [0.1, 0.15) is 0 Å². The van der Waals surface area contributed by atoms with E-state index in [0.29, 0.717) is 0 Å². The van der Waals surface area contributed by atoms with Gasteiger partial charge >= 0.3 is 38.4 Å². The first-order chi connectivity index (χ1) is 10.9. The standard InChI is InChI=1S/2C8H20N.6H2O.Pt/c2*1-5-9(6-2,7-3)8-4;;;;;;;/h2*5-8H2,1-4H3;6*1H2;/q2*+1;;;;;;;+4/p-6. The first-order valence-electron chi connectivity index (χ1n) is 9.04. The Balaban J connectivity index is -0.000000293. The van der Waals surface area contributed by atoms with Crippen molar-refractivity contribution in [3.05, 3.63) is 0 Å². The fourth-order valence-corrected chi connectivity index (χ4v) is 2.68. The van der Waals surface area contributed by atoms with Gasteiger partial charge in [0.2, 0.25) is 0 Å². The SMILES string of the molecule is CC[N+](CC)(CC)CC.CC[N+](CC)(CC)CC.[OH][Pt-2]([OH])([OH])([OH])([OH])[OH]. The molecule has 0 aliphatic heterocycles. The van der Waals surface area contributed by atoms with E-state index in [0.717, 1.165) is 0 Å². The summed E-state index contributed by atoms with van der Waals surface area (Å²) >= 11 is -8.12. The van der Waals surface area contributed by atoms with Crippen LogP contribution in [0, 0.1) is 0 Å². The topological polar surface area (TPSA) is 121 Å². The van der Waals surface area contributed by atoms with Crippen LogP contribution < -0.4 is 0 Å². The second-order valence-corrected chi connectivity index (χ2v) is 13.0. The number of hydrogen-bond acceptors (Lipinski definition) is 6. The molecule has 6 N–H and O–H groups in total. The van der Waals surface area contributed by atoms with Crippen molar-refractivity contribution in [2.24, 2.45) is 0 Å². The minimum atomic E-state index is -8.12. The summed E-state index contributed by atoms with van der Waals surface area (Å²) < 4.78 is 47.0. The van der Waals surface area contributed by atoms with E-state index in [4.69, 9.17) is 22.6 Å². The summed E-state index contributed by atoms with van der Waals surface area (Å²) in [7, 11) is 0. The Morgan fingerprint density at radius 3 is 0.480 bits per heavy atom. The molecule has 9 heteroatoms. The molecule has 0 saturated heterocycles. The predicted molar refractivity (Wildman–Crippen MR) is 98.2 cm³/mol. The predicted octanol–water partition coefficient (Wildman–Crippen LogP) is 0.421. The van der Waals surface area contributed by atoms with Crippen molar-refractivity contribution in [1.29, 1.82) is 0 Å². The van der Waals surface area contributed by atoms with Crippen LogP contribution in [0.5, 0.6) is 0 Å². The molecule has 0 saturated carbocycles. The maximum atomic E-state index is 7.41. The summed E-state index contributed by atoms with van der Waals surface area (Å²) in [6.45, 7) is 28.4. The van der Waals surface area contributed by atoms with Crippen LogP contribution in [0.3, 0.4) is 0 Å². The first-order valence-corrected chi connectivity index (χ1v) is 15.1. The molecule has 0 heterocycles. The summed E-state index contributed by atoms with van der Waals surface area (Å²) in [5.74, 6) is 0. The van der Waals surface area contributed by atoms with Gasteiger partial charge in [0.25, 0.3) is 0 Å². The van der Waals surface area contributed by atoms with Crippen molar-refractivity contribution < 1.29 is 47.4 Å². The second-order valence-electron chi connectivity index (χ2n) is 6.16. The molecular weight excluding hydrogens is 511 g/mol. The van der Waals surface area contributed by atoms with Crippen LogP contribution >= 0.6 is 0 Å². The number of nitrogens with zero attached hydrogens (tertiary/aromatic N) is 2. The zero-order valence-corrected chi connectivity index (χ0v) is 19.8. The fraction of sp³-hybridized carbons (Fsp3) is 1.00. The van der Waals surface area contributed by atoms with Crippen LogP contribution in [0.4, 0.5) is 0 Å². The molecule has 0 spiro atoms. The average molecular weight is 558 g/mol. The molecule has 25 heavy (non-hydrogen) atoms. The van der Waals surface area contributed by atoms with Crippen LogP contribution in [0.2, 0.25) is 0 Å². The molecule has 0 aliphatic rings. The summed E-state index contributed by atoms with van der Waals surface area (Å²) in [4.78, 5) is 0. The number of quaternary nitrogens is 2. The average Bonchev–Trinajstić information content (AvgIpc) is 2.51. The summed E-state index contributed by atoms with van der Waals surface area (Å²) in [6.07, 6.45) is 0. The second kappa shape index (κ2) is 10.6. The van der Waals surface area contributed by atoms with Crippen molar-refractivity contribution in [3.63, 3.8) is 0 Å². The van der Waals surface area contributed by atoms with Gasteiger partial charge < -0.3 is 8.97 Å². The molecule has 0 bridgehead atoms. The van der Waals surface area contributed by atoms with Gasteiger partial charge in [-0.1, -0.05) is 0 Å². The Bertz CT molecular complexity index is 268. The van der Waals surface area contributed by atoms with Gasteiger partial charge in [-0.25, -0.2) is 0 Å². The first kappa shape index (κ1) is 30.1. The molecule has 0 aromatic carbocycles. The monoisotopic (exact) mass is 557 g/mol. The van der Waals surface area contributed by atoms with Gasteiger partial charge in [0.15, 0.2) is 0 Å². The Morgan fingerprint density at radius 1 is 0.400 bits per heavy atom. The normalized spacial score (nSPS) is 15.1. The van der Waals surface area contributed by atoms with E-state index in [-0.39, 0.29) is 0 Å². The van der Waals surface area contributed by atoms with E-state index in [1.54, 1.807) is 0 Å². The summed E-state index contributed by atoms with van der Waals surface area (Å²) in [6, 6.07) is 0. The molecule has 0 aromatic rings. The van der Waals surface area contributed by atoms with E-state index < -0.39 is 15.8 Å². The molecule has 0 rings (SSSR count). The Morgan fingerprint density at radius 2 is 0.480 bits per heavy atom. The van der Waals surface area contributed by atoms with Crippen molar-refractivity contribution in [1.82, 2.24) is 0 Å². The fourth-order valence-electron chi connectivity index (χ4n) is 2.68. The van der Waals surface area contributed by atoms with Gasteiger partial charge in [0, 0.05) is 0 Å². The molecule has 0 unspecified atom stereocenters. The van der Waals surface area contributed by atoms with E-state index in [1.807, 2.05) is 0 Å². The van der Waals surface area contributed by atoms with Crippen molar-refractivity contribution in [2.45, 2.75) is 55.4 Å². The molecule has 166 valence electrons. The third kappa shape index (κ3) is 20.5. The Labute approximate surface area is 155 Å². The van der Waals surface area contributed by atoms with E-state index in [2.05, 4.69) is 55.4 Å². The van der Waals surface area contributed by atoms with Crippen molar-refractivity contribution >= 4 is 0 Å². The number of hydrogen-bond donors (Lipinski definition) is 6. The summed E-state index contributed by atoms with van der Waals surface area (Å²) in [5, 5.41) is 0. The van der Waals surface area contributed by atoms with Crippen LogP contribution in [-0.4, -0.2) is 83.9 Å².